The summed E-state index contributed by atoms with van der Waals surface area (Å²) in [5, 5.41) is 0. The Balaban J connectivity index is 4.46. The molecule has 0 aliphatic rings. The summed E-state index contributed by atoms with van der Waals surface area (Å²) in [6.07, 6.45) is 29.0. The summed E-state index contributed by atoms with van der Waals surface area (Å²) in [5.41, 5.74) is 0. The number of carbonyl (C=O) groups is 3. The van der Waals surface area contributed by atoms with E-state index in [9.17, 15) is 14.4 Å². The van der Waals surface area contributed by atoms with E-state index in [1.807, 2.05) is 0 Å². The topological polar surface area (TPSA) is 82.1 Å². The standard InChI is InChI=1S/C45H87NO6S/c1-7-13-29-40(30-14-8-2)50-43(47)35-27-23-19-17-21-25-33-42(52-45(49)39-53-38-37-46(11-5)12-6)34-26-22-18-20-24-28-36-44(48)51-41(31-15-9-3)32-16-10-4/h40-42H,7-39H2,1-6H3. The monoisotopic (exact) mass is 770 g/mol. The van der Waals surface area contributed by atoms with Crippen molar-refractivity contribution in [1.82, 2.24) is 4.90 Å². The van der Waals surface area contributed by atoms with Crippen molar-refractivity contribution >= 4 is 29.7 Å². The number of nitrogens with zero attached hydrogens (tertiary/aromatic N) is 1. The predicted octanol–water partition coefficient (Wildman–Crippen LogP) is 12.8. The lowest BCUT2D eigenvalue weighted by molar-refractivity contribution is -0.151. The van der Waals surface area contributed by atoms with Crippen molar-refractivity contribution in [3.63, 3.8) is 0 Å². The third-order valence-corrected chi connectivity index (χ3v) is 11.3. The molecule has 314 valence electrons. The third kappa shape index (κ3) is 33.8. The van der Waals surface area contributed by atoms with Crippen molar-refractivity contribution in [2.75, 3.05) is 31.1 Å². The minimum absolute atomic E-state index is 0.00264. The molecule has 0 aliphatic heterocycles. The van der Waals surface area contributed by atoms with Gasteiger partial charge in [0.05, 0.1) is 5.75 Å². The highest BCUT2D eigenvalue weighted by molar-refractivity contribution is 7.99. The molecule has 8 heteroatoms. The quantitative estimate of drug-likeness (QED) is 0.0346. The molecule has 0 fully saturated rings. The summed E-state index contributed by atoms with van der Waals surface area (Å²) < 4.78 is 17.7. The van der Waals surface area contributed by atoms with E-state index in [0.29, 0.717) is 18.6 Å². The normalized spacial score (nSPS) is 11.7. The van der Waals surface area contributed by atoms with E-state index in [-0.39, 0.29) is 36.2 Å². The second-order valence-corrected chi connectivity index (χ2v) is 16.4. The Morgan fingerprint density at radius 3 is 1.11 bits per heavy atom. The van der Waals surface area contributed by atoms with E-state index in [1.54, 1.807) is 11.8 Å². The molecule has 0 aromatic heterocycles. The van der Waals surface area contributed by atoms with Gasteiger partial charge in [-0.15, -0.1) is 11.8 Å². The van der Waals surface area contributed by atoms with Gasteiger partial charge in [-0.25, -0.2) is 0 Å². The molecule has 0 saturated carbocycles. The molecule has 0 unspecified atom stereocenters. The maximum Gasteiger partial charge on any atom is 0.316 e. The molecule has 0 aromatic carbocycles. The fourth-order valence-corrected chi connectivity index (χ4v) is 7.58. The van der Waals surface area contributed by atoms with Gasteiger partial charge in [0.1, 0.15) is 18.3 Å². The van der Waals surface area contributed by atoms with Crippen molar-refractivity contribution in [3.8, 4) is 0 Å². The van der Waals surface area contributed by atoms with E-state index in [0.717, 1.165) is 192 Å². The molecule has 0 amide bonds. The Labute approximate surface area is 333 Å². The largest absolute Gasteiger partial charge is 0.462 e. The van der Waals surface area contributed by atoms with Crippen LogP contribution in [0, 0.1) is 0 Å². The molecular formula is C45H87NO6S. The van der Waals surface area contributed by atoms with Gasteiger partial charge >= 0.3 is 17.9 Å². The smallest absolute Gasteiger partial charge is 0.316 e. The number of carbonyl (C=O) groups excluding carboxylic acids is 3. The van der Waals surface area contributed by atoms with Crippen molar-refractivity contribution in [1.29, 1.82) is 0 Å². The van der Waals surface area contributed by atoms with Gasteiger partial charge in [-0.3, -0.25) is 14.4 Å². The van der Waals surface area contributed by atoms with Gasteiger partial charge in [0.15, 0.2) is 0 Å². The van der Waals surface area contributed by atoms with E-state index < -0.39 is 0 Å². The molecule has 0 atom stereocenters. The zero-order valence-electron chi connectivity index (χ0n) is 35.9. The third-order valence-electron chi connectivity index (χ3n) is 10.4. The average Bonchev–Trinajstić information content (AvgIpc) is 3.15. The zero-order chi connectivity index (χ0) is 39.2. The van der Waals surface area contributed by atoms with Crippen LogP contribution in [-0.4, -0.2) is 72.3 Å². The summed E-state index contributed by atoms with van der Waals surface area (Å²) in [4.78, 5) is 40.0. The minimum atomic E-state index is -0.0726. The predicted molar refractivity (Wildman–Crippen MR) is 227 cm³/mol. The first-order chi connectivity index (χ1) is 25.8. The van der Waals surface area contributed by atoms with Gasteiger partial charge in [-0.05, 0) is 77.3 Å². The van der Waals surface area contributed by atoms with Gasteiger partial charge in [-0.2, -0.15) is 0 Å². The second-order valence-electron chi connectivity index (χ2n) is 15.3. The van der Waals surface area contributed by atoms with Crippen LogP contribution in [0.2, 0.25) is 0 Å². The Morgan fingerprint density at radius 2 is 0.755 bits per heavy atom. The average molecular weight is 770 g/mol. The molecule has 0 aromatic rings. The maximum atomic E-state index is 12.8. The van der Waals surface area contributed by atoms with Crippen LogP contribution in [-0.2, 0) is 28.6 Å². The molecular weight excluding hydrogens is 683 g/mol. The molecule has 0 spiro atoms. The summed E-state index contributed by atoms with van der Waals surface area (Å²) >= 11 is 1.68. The van der Waals surface area contributed by atoms with Crippen LogP contribution in [0.1, 0.15) is 221 Å². The molecule has 0 saturated heterocycles. The van der Waals surface area contributed by atoms with Crippen molar-refractivity contribution in [2.24, 2.45) is 0 Å². The zero-order valence-corrected chi connectivity index (χ0v) is 36.7. The Bertz CT molecular complexity index is 772. The van der Waals surface area contributed by atoms with Crippen LogP contribution in [0.15, 0.2) is 0 Å². The van der Waals surface area contributed by atoms with Gasteiger partial charge in [0.25, 0.3) is 0 Å². The number of hydrogen-bond donors (Lipinski definition) is 0. The number of hydrogen-bond acceptors (Lipinski definition) is 8. The molecule has 0 radical (unpaired) electrons. The van der Waals surface area contributed by atoms with Crippen molar-refractivity contribution in [2.45, 2.75) is 240 Å². The maximum absolute atomic E-state index is 12.8. The fraction of sp³-hybridized carbons (Fsp3) is 0.933. The van der Waals surface area contributed by atoms with Gasteiger partial charge in [0, 0.05) is 25.1 Å². The van der Waals surface area contributed by atoms with Crippen molar-refractivity contribution < 1.29 is 28.6 Å². The highest BCUT2D eigenvalue weighted by Gasteiger charge is 2.17. The van der Waals surface area contributed by atoms with Crippen LogP contribution in [0.5, 0.6) is 0 Å². The van der Waals surface area contributed by atoms with Crippen LogP contribution >= 0.6 is 11.8 Å². The number of esters is 3. The Morgan fingerprint density at radius 1 is 0.434 bits per heavy atom. The molecule has 0 rings (SSSR count). The minimum Gasteiger partial charge on any atom is -0.462 e. The van der Waals surface area contributed by atoms with Gasteiger partial charge < -0.3 is 19.1 Å². The second kappa shape index (κ2) is 39.0. The number of thioether (sulfide) groups is 1. The number of rotatable bonds is 40. The van der Waals surface area contributed by atoms with Crippen molar-refractivity contribution in [3.05, 3.63) is 0 Å². The van der Waals surface area contributed by atoms with Crippen LogP contribution in [0.3, 0.4) is 0 Å². The SMILES string of the molecule is CCCCC(CCCC)OC(=O)CCCCCCCCC(CCCCCCCCC(=O)OC(CCCC)CCCC)OC(=O)CSCCN(CC)CC. The molecule has 53 heavy (non-hydrogen) atoms. The lowest BCUT2D eigenvalue weighted by Crippen LogP contribution is -2.26. The summed E-state index contributed by atoms with van der Waals surface area (Å²) in [6, 6.07) is 0. The number of ether oxygens (including phenoxy) is 3. The van der Waals surface area contributed by atoms with E-state index >= 15 is 0 Å². The first kappa shape index (κ1) is 51.7. The Kier molecular flexibility index (Phi) is 38.0. The molecule has 0 heterocycles. The molecule has 7 nitrogen and oxygen atoms in total. The van der Waals surface area contributed by atoms with Gasteiger partial charge in [0.2, 0.25) is 0 Å². The summed E-state index contributed by atoms with van der Waals surface area (Å²) in [6.45, 7) is 16.2. The number of unbranched alkanes of at least 4 members (excludes halogenated alkanes) is 14. The Hall–Kier alpha value is -1.28. The lowest BCUT2D eigenvalue weighted by Gasteiger charge is -2.19. The highest BCUT2D eigenvalue weighted by Crippen LogP contribution is 2.20. The van der Waals surface area contributed by atoms with Crippen LogP contribution < -0.4 is 0 Å². The fourth-order valence-electron chi connectivity index (χ4n) is 6.81. The van der Waals surface area contributed by atoms with Crippen LogP contribution in [0.25, 0.3) is 0 Å². The first-order valence-electron chi connectivity index (χ1n) is 22.7. The highest BCUT2D eigenvalue weighted by atomic mass is 32.2. The van der Waals surface area contributed by atoms with E-state index in [1.165, 1.54) is 0 Å². The summed E-state index contributed by atoms with van der Waals surface area (Å²) in [7, 11) is 0. The van der Waals surface area contributed by atoms with E-state index in [2.05, 4.69) is 46.4 Å². The molecule has 0 bridgehead atoms. The van der Waals surface area contributed by atoms with Gasteiger partial charge in [-0.1, -0.05) is 144 Å². The summed E-state index contributed by atoms with van der Waals surface area (Å²) in [5.74, 6) is 1.27. The first-order valence-corrected chi connectivity index (χ1v) is 23.9. The lowest BCUT2D eigenvalue weighted by atomic mass is 10.0. The molecule has 0 N–H and O–H groups in total. The molecule has 0 aliphatic carbocycles. The van der Waals surface area contributed by atoms with E-state index in [4.69, 9.17) is 14.2 Å². The van der Waals surface area contributed by atoms with Crippen LogP contribution in [0.4, 0.5) is 0 Å².